The van der Waals surface area contributed by atoms with E-state index in [2.05, 4.69) is 41.2 Å². The van der Waals surface area contributed by atoms with Crippen LogP contribution < -0.4 is 5.32 Å². The van der Waals surface area contributed by atoms with Crippen LogP contribution >= 0.6 is 15.9 Å². The molecule has 1 aliphatic rings. The summed E-state index contributed by atoms with van der Waals surface area (Å²) >= 11 is 3.56. The molecular weight excluding hydrogens is 302 g/mol. The van der Waals surface area contributed by atoms with Crippen LogP contribution in [0.5, 0.6) is 0 Å². The SMILES string of the molecule is CCCNC(c1ccoc1Br)C1CCCCC1CC. The van der Waals surface area contributed by atoms with Gasteiger partial charge in [0, 0.05) is 11.6 Å². The fourth-order valence-corrected chi connectivity index (χ4v) is 3.99. The molecule has 0 aliphatic heterocycles. The summed E-state index contributed by atoms with van der Waals surface area (Å²) in [6.07, 6.45) is 9.78. The zero-order valence-electron chi connectivity index (χ0n) is 12.1. The van der Waals surface area contributed by atoms with E-state index in [1.165, 1.54) is 44.1 Å². The third-order valence-electron chi connectivity index (χ3n) is 4.52. The first-order chi connectivity index (χ1) is 9.27. The molecule has 1 N–H and O–H groups in total. The molecule has 1 aromatic rings. The van der Waals surface area contributed by atoms with Crippen LogP contribution in [0.4, 0.5) is 0 Å². The number of nitrogens with one attached hydrogen (secondary N) is 1. The number of hydrogen-bond acceptors (Lipinski definition) is 2. The Morgan fingerprint density at radius 1 is 1.37 bits per heavy atom. The molecule has 3 unspecified atom stereocenters. The molecule has 0 spiro atoms. The van der Waals surface area contributed by atoms with Crippen molar-refractivity contribution in [3.63, 3.8) is 0 Å². The van der Waals surface area contributed by atoms with Crippen LogP contribution in [0.2, 0.25) is 0 Å². The van der Waals surface area contributed by atoms with Crippen LogP contribution in [0.1, 0.15) is 64.0 Å². The van der Waals surface area contributed by atoms with Gasteiger partial charge in [-0.2, -0.15) is 0 Å². The van der Waals surface area contributed by atoms with Gasteiger partial charge in [-0.05, 0) is 53.2 Å². The number of hydrogen-bond donors (Lipinski definition) is 1. The molecule has 108 valence electrons. The fraction of sp³-hybridized carbons (Fsp3) is 0.750. The lowest BCUT2D eigenvalue weighted by atomic mass is 9.72. The molecule has 1 heterocycles. The second-order valence-corrected chi connectivity index (χ2v) is 6.42. The van der Waals surface area contributed by atoms with Crippen LogP contribution in [-0.2, 0) is 0 Å². The summed E-state index contributed by atoms with van der Waals surface area (Å²) in [5.74, 6) is 1.60. The van der Waals surface area contributed by atoms with Gasteiger partial charge in [0.25, 0.3) is 0 Å². The quantitative estimate of drug-likeness (QED) is 0.766. The van der Waals surface area contributed by atoms with E-state index >= 15 is 0 Å². The van der Waals surface area contributed by atoms with Gasteiger partial charge < -0.3 is 9.73 Å². The summed E-state index contributed by atoms with van der Waals surface area (Å²) in [6.45, 7) is 5.64. The van der Waals surface area contributed by atoms with E-state index in [1.54, 1.807) is 6.26 Å². The molecule has 1 fully saturated rings. The first kappa shape index (κ1) is 15.1. The lowest BCUT2D eigenvalue weighted by Crippen LogP contribution is -2.34. The summed E-state index contributed by atoms with van der Waals surface area (Å²) < 4.78 is 6.37. The van der Waals surface area contributed by atoms with E-state index in [1.807, 2.05) is 0 Å². The Labute approximate surface area is 125 Å². The predicted molar refractivity (Wildman–Crippen MR) is 83.2 cm³/mol. The maximum Gasteiger partial charge on any atom is 0.173 e. The minimum atomic E-state index is 0.443. The molecule has 1 aliphatic carbocycles. The molecule has 0 aromatic carbocycles. The highest BCUT2D eigenvalue weighted by molar-refractivity contribution is 9.10. The Balaban J connectivity index is 2.18. The average Bonchev–Trinajstić information content (AvgIpc) is 2.86. The van der Waals surface area contributed by atoms with Gasteiger partial charge in [-0.1, -0.05) is 39.5 Å². The normalized spacial score (nSPS) is 25.4. The summed E-state index contributed by atoms with van der Waals surface area (Å²) in [6, 6.07) is 2.57. The Morgan fingerprint density at radius 3 is 2.79 bits per heavy atom. The van der Waals surface area contributed by atoms with Crippen molar-refractivity contribution in [2.24, 2.45) is 11.8 Å². The van der Waals surface area contributed by atoms with E-state index in [4.69, 9.17) is 4.42 Å². The van der Waals surface area contributed by atoms with Gasteiger partial charge in [0.05, 0.1) is 6.26 Å². The molecule has 0 bridgehead atoms. The Morgan fingerprint density at radius 2 is 2.16 bits per heavy atom. The predicted octanol–water partition coefficient (Wildman–Crippen LogP) is 5.30. The summed E-state index contributed by atoms with van der Waals surface area (Å²) in [4.78, 5) is 0. The zero-order valence-corrected chi connectivity index (χ0v) is 13.7. The van der Waals surface area contributed by atoms with Crippen molar-refractivity contribution in [2.45, 2.75) is 58.4 Å². The van der Waals surface area contributed by atoms with Gasteiger partial charge in [-0.25, -0.2) is 0 Å². The lowest BCUT2D eigenvalue weighted by Gasteiger charge is -2.37. The lowest BCUT2D eigenvalue weighted by molar-refractivity contribution is 0.174. The van der Waals surface area contributed by atoms with Crippen molar-refractivity contribution in [2.75, 3.05) is 6.54 Å². The maximum absolute atomic E-state index is 5.46. The van der Waals surface area contributed by atoms with Crippen LogP contribution in [0.25, 0.3) is 0 Å². The zero-order chi connectivity index (χ0) is 13.7. The summed E-state index contributed by atoms with van der Waals surface area (Å²) in [7, 11) is 0. The highest BCUT2D eigenvalue weighted by Crippen LogP contribution is 2.42. The van der Waals surface area contributed by atoms with E-state index in [9.17, 15) is 0 Å². The largest absolute Gasteiger partial charge is 0.457 e. The highest BCUT2D eigenvalue weighted by atomic mass is 79.9. The minimum absolute atomic E-state index is 0.443. The number of rotatable bonds is 6. The van der Waals surface area contributed by atoms with E-state index in [0.29, 0.717) is 6.04 Å². The van der Waals surface area contributed by atoms with Crippen LogP contribution in [-0.4, -0.2) is 6.54 Å². The van der Waals surface area contributed by atoms with Crippen LogP contribution in [0.3, 0.4) is 0 Å². The highest BCUT2D eigenvalue weighted by Gasteiger charge is 2.33. The van der Waals surface area contributed by atoms with Crippen LogP contribution in [0.15, 0.2) is 21.4 Å². The molecule has 1 saturated carbocycles. The van der Waals surface area contributed by atoms with Crippen molar-refractivity contribution in [1.82, 2.24) is 5.32 Å². The van der Waals surface area contributed by atoms with Crippen molar-refractivity contribution >= 4 is 15.9 Å². The molecule has 0 amide bonds. The van der Waals surface area contributed by atoms with Gasteiger partial charge in [-0.3, -0.25) is 0 Å². The Kier molecular flexibility index (Phi) is 5.96. The van der Waals surface area contributed by atoms with Gasteiger partial charge in [-0.15, -0.1) is 0 Å². The first-order valence-corrected chi connectivity index (χ1v) is 8.53. The Bertz CT molecular complexity index is 377. The molecule has 1 aromatic heterocycles. The number of halogens is 1. The standard InChI is InChI=1S/C16H26BrNO/c1-3-10-18-15(14-9-11-19-16(14)17)13-8-6-5-7-12(13)4-2/h9,11-13,15,18H,3-8,10H2,1-2H3. The first-order valence-electron chi connectivity index (χ1n) is 7.74. The van der Waals surface area contributed by atoms with Gasteiger partial charge >= 0.3 is 0 Å². The fourth-order valence-electron chi connectivity index (χ4n) is 3.50. The smallest absolute Gasteiger partial charge is 0.173 e. The number of furan rings is 1. The third kappa shape index (κ3) is 3.63. The molecule has 3 atom stereocenters. The maximum atomic E-state index is 5.46. The third-order valence-corrected chi connectivity index (χ3v) is 5.16. The van der Waals surface area contributed by atoms with Crippen molar-refractivity contribution in [1.29, 1.82) is 0 Å². The van der Waals surface area contributed by atoms with Crippen molar-refractivity contribution in [3.8, 4) is 0 Å². The van der Waals surface area contributed by atoms with E-state index in [-0.39, 0.29) is 0 Å². The van der Waals surface area contributed by atoms with Crippen LogP contribution in [0, 0.1) is 11.8 Å². The molecule has 0 saturated heterocycles. The van der Waals surface area contributed by atoms with Gasteiger partial charge in [0.1, 0.15) is 0 Å². The Hall–Kier alpha value is -0.280. The monoisotopic (exact) mass is 327 g/mol. The van der Waals surface area contributed by atoms with E-state index in [0.717, 1.165) is 23.1 Å². The molecular formula is C16H26BrNO. The second-order valence-electron chi connectivity index (χ2n) is 5.70. The molecule has 19 heavy (non-hydrogen) atoms. The van der Waals surface area contributed by atoms with Crippen molar-refractivity contribution in [3.05, 3.63) is 22.6 Å². The minimum Gasteiger partial charge on any atom is -0.457 e. The second kappa shape index (κ2) is 7.49. The topological polar surface area (TPSA) is 25.2 Å². The molecule has 0 radical (unpaired) electrons. The van der Waals surface area contributed by atoms with E-state index < -0.39 is 0 Å². The van der Waals surface area contributed by atoms with Gasteiger partial charge in [0.2, 0.25) is 0 Å². The molecule has 2 nitrogen and oxygen atoms in total. The molecule has 3 heteroatoms. The van der Waals surface area contributed by atoms with Crippen molar-refractivity contribution < 1.29 is 4.42 Å². The summed E-state index contributed by atoms with van der Waals surface area (Å²) in [5.41, 5.74) is 1.30. The molecule has 2 rings (SSSR count). The summed E-state index contributed by atoms with van der Waals surface area (Å²) in [5, 5.41) is 3.76. The van der Waals surface area contributed by atoms with Gasteiger partial charge in [0.15, 0.2) is 4.67 Å². The average molecular weight is 328 g/mol.